The van der Waals surface area contributed by atoms with Crippen molar-refractivity contribution in [3.05, 3.63) is 75.4 Å². The summed E-state index contributed by atoms with van der Waals surface area (Å²) in [5, 5.41) is 3.36. The van der Waals surface area contributed by atoms with Crippen LogP contribution in [-0.2, 0) is 18.9 Å². The fourth-order valence-corrected chi connectivity index (χ4v) is 4.24. The van der Waals surface area contributed by atoms with Crippen molar-refractivity contribution in [2.75, 3.05) is 17.7 Å². The standard InChI is InChI=1S/C24H23N5O4S/c1-4-33-17-13-9-8-12-16(17)25-18(30)14-34-22-19-21(28(2)24(32)29(3)23(19)31)26-20(27-22)15-10-6-5-7-11-15/h5-13H,4,14H2,1-3H3,(H,25,30). The monoisotopic (exact) mass is 477 g/mol. The molecular weight excluding hydrogens is 454 g/mol. The van der Waals surface area contributed by atoms with E-state index in [1.54, 1.807) is 25.2 Å². The van der Waals surface area contributed by atoms with Crippen molar-refractivity contribution >= 4 is 34.4 Å². The van der Waals surface area contributed by atoms with Crippen molar-refractivity contribution in [3.8, 4) is 17.1 Å². The van der Waals surface area contributed by atoms with Gasteiger partial charge in [-0.25, -0.2) is 14.8 Å². The maximum atomic E-state index is 13.0. The molecule has 0 fully saturated rings. The van der Waals surface area contributed by atoms with Gasteiger partial charge in [0.2, 0.25) is 5.91 Å². The number of ether oxygens (including phenoxy) is 1. The fourth-order valence-electron chi connectivity index (χ4n) is 3.42. The van der Waals surface area contributed by atoms with E-state index in [4.69, 9.17) is 4.74 Å². The summed E-state index contributed by atoms with van der Waals surface area (Å²) in [4.78, 5) is 47.3. The summed E-state index contributed by atoms with van der Waals surface area (Å²) in [7, 11) is 2.96. The van der Waals surface area contributed by atoms with Crippen LogP contribution in [0.4, 0.5) is 5.69 Å². The number of para-hydroxylation sites is 2. The molecule has 1 N–H and O–H groups in total. The zero-order valence-corrected chi connectivity index (χ0v) is 19.8. The smallest absolute Gasteiger partial charge is 0.332 e. The highest BCUT2D eigenvalue weighted by molar-refractivity contribution is 8.00. The summed E-state index contributed by atoms with van der Waals surface area (Å²) in [6, 6.07) is 16.4. The second-order valence-corrected chi connectivity index (χ2v) is 8.35. The van der Waals surface area contributed by atoms with Gasteiger partial charge in [-0.15, -0.1) is 0 Å². The van der Waals surface area contributed by atoms with Crippen molar-refractivity contribution in [2.24, 2.45) is 14.1 Å². The minimum Gasteiger partial charge on any atom is -0.492 e. The Labute approximate surface area is 199 Å². The minimum absolute atomic E-state index is 0.00715. The summed E-state index contributed by atoms with van der Waals surface area (Å²) in [6.45, 7) is 2.34. The van der Waals surface area contributed by atoms with Crippen LogP contribution in [0.5, 0.6) is 5.75 Å². The Balaban J connectivity index is 1.72. The fraction of sp³-hybridized carbons (Fsp3) is 0.208. The van der Waals surface area contributed by atoms with Gasteiger partial charge in [0.1, 0.15) is 16.2 Å². The molecule has 0 aliphatic heterocycles. The first-order chi connectivity index (χ1) is 16.4. The number of nitrogens with zero attached hydrogens (tertiary/aromatic N) is 4. The van der Waals surface area contributed by atoms with E-state index in [9.17, 15) is 14.4 Å². The van der Waals surface area contributed by atoms with Gasteiger partial charge in [0.25, 0.3) is 5.56 Å². The highest BCUT2D eigenvalue weighted by Gasteiger charge is 2.19. The molecule has 2 aromatic heterocycles. The van der Waals surface area contributed by atoms with Crippen LogP contribution in [0.3, 0.4) is 0 Å². The third kappa shape index (κ3) is 4.58. The highest BCUT2D eigenvalue weighted by atomic mass is 32.2. The molecule has 4 rings (SSSR count). The van der Waals surface area contributed by atoms with Crippen molar-refractivity contribution in [2.45, 2.75) is 11.9 Å². The molecule has 174 valence electrons. The number of carbonyl (C=O) groups excluding carboxylic acids is 1. The second kappa shape index (κ2) is 9.92. The SMILES string of the molecule is CCOc1ccccc1NC(=O)CSc1nc(-c2ccccc2)nc2c1c(=O)n(C)c(=O)n2C. The number of rotatable bonds is 7. The van der Waals surface area contributed by atoms with Gasteiger partial charge in [0.05, 0.1) is 18.0 Å². The van der Waals surface area contributed by atoms with Crippen LogP contribution < -0.4 is 21.3 Å². The molecular formula is C24H23N5O4S. The summed E-state index contributed by atoms with van der Waals surface area (Å²) < 4.78 is 7.88. The Kier molecular flexibility index (Phi) is 6.78. The molecule has 34 heavy (non-hydrogen) atoms. The first kappa shape index (κ1) is 23.2. The predicted molar refractivity (Wildman–Crippen MR) is 132 cm³/mol. The van der Waals surface area contributed by atoms with E-state index in [1.165, 1.54) is 11.6 Å². The van der Waals surface area contributed by atoms with Crippen LogP contribution >= 0.6 is 11.8 Å². The zero-order chi connectivity index (χ0) is 24.2. The van der Waals surface area contributed by atoms with Gasteiger partial charge < -0.3 is 10.1 Å². The molecule has 0 spiro atoms. The Bertz CT molecular complexity index is 1480. The van der Waals surface area contributed by atoms with Gasteiger partial charge in [-0.3, -0.25) is 18.7 Å². The normalized spacial score (nSPS) is 10.9. The number of aryl methyl sites for hydroxylation is 1. The predicted octanol–water partition coefficient (Wildman–Crippen LogP) is 2.82. The average molecular weight is 478 g/mol. The van der Waals surface area contributed by atoms with Crippen molar-refractivity contribution in [1.29, 1.82) is 0 Å². The van der Waals surface area contributed by atoms with Gasteiger partial charge in [-0.1, -0.05) is 54.2 Å². The average Bonchev–Trinajstić information content (AvgIpc) is 2.86. The van der Waals surface area contributed by atoms with Crippen LogP contribution in [0.15, 0.2) is 69.2 Å². The number of thioether (sulfide) groups is 1. The Morgan fingerprint density at radius 3 is 2.44 bits per heavy atom. The van der Waals surface area contributed by atoms with E-state index in [-0.39, 0.29) is 22.7 Å². The third-order valence-corrected chi connectivity index (χ3v) is 6.08. The molecule has 9 nitrogen and oxygen atoms in total. The lowest BCUT2D eigenvalue weighted by Gasteiger charge is -2.13. The van der Waals surface area contributed by atoms with E-state index in [2.05, 4.69) is 15.3 Å². The van der Waals surface area contributed by atoms with Gasteiger partial charge in [0, 0.05) is 19.7 Å². The molecule has 10 heteroatoms. The third-order valence-electron chi connectivity index (χ3n) is 5.10. The van der Waals surface area contributed by atoms with Crippen LogP contribution in [-0.4, -0.2) is 37.4 Å². The molecule has 0 bridgehead atoms. The minimum atomic E-state index is -0.512. The molecule has 0 aliphatic rings. The van der Waals surface area contributed by atoms with Crippen molar-refractivity contribution < 1.29 is 9.53 Å². The number of carbonyl (C=O) groups is 1. The molecule has 0 radical (unpaired) electrons. The molecule has 1 amide bonds. The number of hydrogen-bond donors (Lipinski definition) is 1. The molecule has 0 atom stereocenters. The van der Waals surface area contributed by atoms with Crippen LogP contribution in [0, 0.1) is 0 Å². The lowest BCUT2D eigenvalue weighted by Crippen LogP contribution is -2.37. The van der Waals surface area contributed by atoms with Crippen LogP contribution in [0.1, 0.15) is 6.92 Å². The molecule has 2 aromatic carbocycles. The summed E-state index contributed by atoms with van der Waals surface area (Å²) >= 11 is 1.11. The first-order valence-corrected chi connectivity index (χ1v) is 11.6. The second-order valence-electron chi connectivity index (χ2n) is 7.39. The maximum Gasteiger partial charge on any atom is 0.332 e. The number of hydrogen-bond acceptors (Lipinski definition) is 7. The zero-order valence-electron chi connectivity index (χ0n) is 18.9. The molecule has 4 aromatic rings. The number of amides is 1. The van der Waals surface area contributed by atoms with Gasteiger partial charge in [-0.05, 0) is 19.1 Å². The summed E-state index contributed by atoms with van der Waals surface area (Å²) in [6.07, 6.45) is 0. The lowest BCUT2D eigenvalue weighted by molar-refractivity contribution is -0.113. The number of fused-ring (bicyclic) bond motifs is 1. The largest absolute Gasteiger partial charge is 0.492 e. The van der Waals surface area contributed by atoms with E-state index in [0.29, 0.717) is 28.9 Å². The lowest BCUT2D eigenvalue weighted by atomic mass is 10.2. The molecule has 2 heterocycles. The first-order valence-electron chi connectivity index (χ1n) is 10.6. The molecule has 0 saturated heterocycles. The van der Waals surface area contributed by atoms with E-state index >= 15 is 0 Å². The van der Waals surface area contributed by atoms with Crippen molar-refractivity contribution in [3.63, 3.8) is 0 Å². The van der Waals surface area contributed by atoms with Gasteiger partial charge >= 0.3 is 5.69 Å². The maximum absolute atomic E-state index is 13.0. The van der Waals surface area contributed by atoms with Crippen molar-refractivity contribution in [1.82, 2.24) is 19.1 Å². The number of benzene rings is 2. The van der Waals surface area contributed by atoms with Gasteiger partial charge in [-0.2, -0.15) is 0 Å². The topological polar surface area (TPSA) is 108 Å². The van der Waals surface area contributed by atoms with Crippen LogP contribution in [0.2, 0.25) is 0 Å². The summed E-state index contributed by atoms with van der Waals surface area (Å²) in [5.41, 5.74) is 0.505. The Hall–Kier alpha value is -3.92. The quantitative estimate of drug-likeness (QED) is 0.322. The van der Waals surface area contributed by atoms with Crippen LogP contribution in [0.25, 0.3) is 22.4 Å². The molecule has 0 unspecified atom stereocenters. The highest BCUT2D eigenvalue weighted by Crippen LogP contribution is 2.27. The number of anilines is 1. The van der Waals surface area contributed by atoms with E-state index < -0.39 is 11.2 Å². The molecule has 0 aliphatic carbocycles. The van der Waals surface area contributed by atoms with E-state index in [1.807, 2.05) is 43.3 Å². The summed E-state index contributed by atoms with van der Waals surface area (Å²) in [5.74, 6) is 0.645. The number of aromatic nitrogens is 4. The number of nitrogens with one attached hydrogen (secondary N) is 1. The van der Waals surface area contributed by atoms with Gasteiger partial charge in [0.15, 0.2) is 11.5 Å². The van der Waals surface area contributed by atoms with E-state index in [0.717, 1.165) is 21.9 Å². The Morgan fingerprint density at radius 2 is 1.71 bits per heavy atom. The molecule has 0 saturated carbocycles. The Morgan fingerprint density at radius 1 is 1.00 bits per heavy atom.